The van der Waals surface area contributed by atoms with Crippen LogP contribution in [0.3, 0.4) is 0 Å². The maximum absolute atomic E-state index is 6.44. The minimum atomic E-state index is 0.289. The largest absolute Gasteiger partial charge is 0.365 e. The number of nitrogens with two attached hydrogens (primary N) is 1. The molecule has 1 heterocycles. The van der Waals surface area contributed by atoms with Gasteiger partial charge in [0, 0.05) is 44.0 Å². The summed E-state index contributed by atoms with van der Waals surface area (Å²) in [5.74, 6) is 0.595. The van der Waals surface area contributed by atoms with Crippen LogP contribution in [-0.2, 0) is 12.8 Å². The second kappa shape index (κ2) is 13.0. The first-order valence-corrected chi connectivity index (χ1v) is 13.0. The van der Waals surface area contributed by atoms with E-state index in [2.05, 4.69) is 98.2 Å². The molecule has 0 bridgehead atoms. The molecule has 180 valence electrons. The highest BCUT2D eigenvalue weighted by molar-refractivity contribution is 5.49. The molecule has 0 amide bonds. The number of anilines is 1. The van der Waals surface area contributed by atoms with E-state index in [1.807, 2.05) is 0 Å². The molecule has 2 N–H and O–H groups in total. The third-order valence-electron chi connectivity index (χ3n) is 7.35. The summed E-state index contributed by atoms with van der Waals surface area (Å²) in [6, 6.07) is 21.0. The first kappa shape index (κ1) is 25.5. The molecule has 2 aromatic carbocycles. The predicted molar refractivity (Wildman–Crippen MR) is 144 cm³/mol. The van der Waals surface area contributed by atoms with Crippen molar-refractivity contribution in [3.63, 3.8) is 0 Å². The molecule has 0 radical (unpaired) electrons. The van der Waals surface area contributed by atoms with Crippen LogP contribution in [0.25, 0.3) is 0 Å². The number of hydrogen-bond acceptors (Lipinski definition) is 3. The lowest BCUT2D eigenvalue weighted by molar-refractivity contribution is 0.184. The first-order valence-electron chi connectivity index (χ1n) is 13.0. The molecule has 1 saturated heterocycles. The van der Waals surface area contributed by atoms with Gasteiger partial charge >= 0.3 is 0 Å². The fraction of sp³-hybridized carbons (Fsp3) is 0.533. The van der Waals surface area contributed by atoms with E-state index in [4.69, 9.17) is 5.73 Å². The minimum Gasteiger partial charge on any atom is -0.365 e. The standard InChI is InChI=1S/C30H45N3/c1-5-25(4)30(31)23-32-20-18-29(19-21-32)33(22-17-24(2)3)28-15-13-27(14-16-28)12-11-26-9-7-6-8-10-26/h6-10,13-17,25,29-30H,5,11-12,18-23,31H2,1-4H3/t25?,30-/m1/s1. The zero-order valence-electron chi connectivity index (χ0n) is 21.3. The number of nitrogens with zero attached hydrogens (tertiary/aromatic N) is 2. The molecule has 1 unspecified atom stereocenters. The van der Waals surface area contributed by atoms with Crippen molar-refractivity contribution >= 4 is 5.69 Å². The Balaban J connectivity index is 1.61. The van der Waals surface area contributed by atoms with Gasteiger partial charge in [0.05, 0.1) is 0 Å². The Hall–Kier alpha value is -2.10. The molecule has 0 saturated carbocycles. The lowest BCUT2D eigenvalue weighted by atomic mass is 9.97. The van der Waals surface area contributed by atoms with E-state index >= 15 is 0 Å². The molecular weight excluding hydrogens is 402 g/mol. The van der Waals surface area contributed by atoms with E-state index in [0.717, 1.165) is 45.4 Å². The Morgan fingerprint density at radius 1 is 1.00 bits per heavy atom. The van der Waals surface area contributed by atoms with Gasteiger partial charge in [-0.15, -0.1) is 0 Å². The zero-order valence-corrected chi connectivity index (χ0v) is 21.3. The van der Waals surface area contributed by atoms with Gasteiger partial charge in [0.2, 0.25) is 0 Å². The van der Waals surface area contributed by atoms with Crippen LogP contribution in [0, 0.1) is 5.92 Å². The smallest absolute Gasteiger partial charge is 0.0371 e. The van der Waals surface area contributed by atoms with E-state index < -0.39 is 0 Å². The highest BCUT2D eigenvalue weighted by Crippen LogP contribution is 2.25. The third kappa shape index (κ3) is 8.01. The lowest BCUT2D eigenvalue weighted by Crippen LogP contribution is -2.49. The molecule has 3 heteroatoms. The molecule has 3 rings (SSSR count). The predicted octanol–water partition coefficient (Wildman–Crippen LogP) is 6.08. The van der Waals surface area contributed by atoms with E-state index in [0.29, 0.717) is 12.0 Å². The summed E-state index contributed by atoms with van der Waals surface area (Å²) in [5, 5.41) is 0. The van der Waals surface area contributed by atoms with Crippen molar-refractivity contribution in [2.45, 2.75) is 71.9 Å². The summed E-state index contributed by atoms with van der Waals surface area (Å²) in [6.07, 6.45) is 8.13. The fourth-order valence-corrected chi connectivity index (χ4v) is 4.73. The second-order valence-corrected chi connectivity index (χ2v) is 10.2. The molecule has 1 aliphatic heterocycles. The molecule has 2 aromatic rings. The maximum Gasteiger partial charge on any atom is 0.0371 e. The van der Waals surface area contributed by atoms with Crippen molar-refractivity contribution in [2.75, 3.05) is 31.1 Å². The maximum atomic E-state index is 6.44. The van der Waals surface area contributed by atoms with Crippen LogP contribution in [-0.4, -0.2) is 43.2 Å². The van der Waals surface area contributed by atoms with Crippen molar-refractivity contribution < 1.29 is 0 Å². The summed E-state index contributed by atoms with van der Waals surface area (Å²) >= 11 is 0. The fourth-order valence-electron chi connectivity index (χ4n) is 4.73. The van der Waals surface area contributed by atoms with Crippen LogP contribution < -0.4 is 10.6 Å². The summed E-state index contributed by atoms with van der Waals surface area (Å²) < 4.78 is 0. The number of likely N-dealkylation sites (tertiary alicyclic amines) is 1. The Morgan fingerprint density at radius 2 is 1.61 bits per heavy atom. The number of hydrogen-bond donors (Lipinski definition) is 1. The molecule has 1 fully saturated rings. The molecule has 0 aliphatic carbocycles. The quantitative estimate of drug-likeness (QED) is 0.424. The van der Waals surface area contributed by atoms with E-state index in [-0.39, 0.29) is 6.04 Å². The number of aryl methyl sites for hydroxylation is 2. The zero-order chi connectivity index (χ0) is 23.6. The highest BCUT2D eigenvalue weighted by atomic mass is 15.2. The number of allylic oxidation sites excluding steroid dienone is 1. The molecule has 33 heavy (non-hydrogen) atoms. The average molecular weight is 448 g/mol. The Bertz CT molecular complexity index is 831. The van der Waals surface area contributed by atoms with Crippen molar-refractivity contribution in [1.82, 2.24) is 4.90 Å². The van der Waals surface area contributed by atoms with Crippen molar-refractivity contribution in [1.29, 1.82) is 0 Å². The van der Waals surface area contributed by atoms with Crippen molar-refractivity contribution in [3.05, 3.63) is 77.4 Å². The molecule has 1 aliphatic rings. The lowest BCUT2D eigenvalue weighted by Gasteiger charge is -2.40. The number of rotatable bonds is 11. The van der Waals surface area contributed by atoms with Crippen LogP contribution >= 0.6 is 0 Å². The Kier molecular flexibility index (Phi) is 10.0. The van der Waals surface area contributed by atoms with Crippen molar-refractivity contribution in [3.8, 4) is 0 Å². The monoisotopic (exact) mass is 447 g/mol. The van der Waals surface area contributed by atoms with Gasteiger partial charge in [-0.3, -0.25) is 0 Å². The summed E-state index contributed by atoms with van der Waals surface area (Å²) in [6.45, 7) is 13.2. The molecule has 2 atom stereocenters. The summed E-state index contributed by atoms with van der Waals surface area (Å²) in [4.78, 5) is 5.21. The summed E-state index contributed by atoms with van der Waals surface area (Å²) in [7, 11) is 0. The molecule has 0 aromatic heterocycles. The number of benzene rings is 2. The number of piperidine rings is 1. The van der Waals surface area contributed by atoms with Gasteiger partial charge in [-0.2, -0.15) is 0 Å². The highest BCUT2D eigenvalue weighted by Gasteiger charge is 2.26. The van der Waals surface area contributed by atoms with Gasteiger partial charge in [0.1, 0.15) is 0 Å². The van der Waals surface area contributed by atoms with Crippen LogP contribution in [0.2, 0.25) is 0 Å². The van der Waals surface area contributed by atoms with E-state index in [1.54, 1.807) is 0 Å². The van der Waals surface area contributed by atoms with Gasteiger partial charge in [-0.1, -0.05) is 74.4 Å². The second-order valence-electron chi connectivity index (χ2n) is 10.2. The van der Waals surface area contributed by atoms with Crippen molar-refractivity contribution in [2.24, 2.45) is 11.7 Å². The van der Waals surface area contributed by atoms with Gasteiger partial charge in [-0.25, -0.2) is 0 Å². The molecular formula is C30H45N3. The summed E-state index contributed by atoms with van der Waals surface area (Å²) in [5.41, 5.74) is 12.0. The third-order valence-corrected chi connectivity index (χ3v) is 7.35. The van der Waals surface area contributed by atoms with Crippen LogP contribution in [0.4, 0.5) is 5.69 Å². The minimum absolute atomic E-state index is 0.289. The van der Waals surface area contributed by atoms with Crippen LogP contribution in [0.1, 0.15) is 58.1 Å². The van der Waals surface area contributed by atoms with E-state index in [1.165, 1.54) is 35.2 Å². The van der Waals surface area contributed by atoms with E-state index in [9.17, 15) is 0 Å². The van der Waals surface area contributed by atoms with Gasteiger partial charge in [0.15, 0.2) is 0 Å². The topological polar surface area (TPSA) is 32.5 Å². The SMILES string of the molecule is CCC(C)[C@H](N)CN1CCC(N(CC=C(C)C)c2ccc(CCc3ccccc3)cc2)CC1. The molecule has 0 spiro atoms. The Labute approximate surface area is 202 Å². The average Bonchev–Trinajstić information content (AvgIpc) is 2.84. The van der Waals surface area contributed by atoms with Gasteiger partial charge in [0.25, 0.3) is 0 Å². The van der Waals surface area contributed by atoms with Gasteiger partial charge < -0.3 is 15.5 Å². The first-order chi connectivity index (χ1) is 16.0. The van der Waals surface area contributed by atoms with Gasteiger partial charge in [-0.05, 0) is 68.7 Å². The Morgan fingerprint density at radius 3 is 2.18 bits per heavy atom. The van der Waals surface area contributed by atoms with Crippen LogP contribution in [0.15, 0.2) is 66.2 Å². The van der Waals surface area contributed by atoms with Crippen LogP contribution in [0.5, 0.6) is 0 Å². The molecule has 3 nitrogen and oxygen atoms in total. The normalized spacial score (nSPS) is 16.9.